The van der Waals surface area contributed by atoms with Crippen molar-refractivity contribution in [2.75, 3.05) is 13.1 Å². The molecule has 0 spiro atoms. The van der Waals surface area contributed by atoms with E-state index in [1.807, 2.05) is 9.80 Å². The van der Waals surface area contributed by atoms with Gasteiger partial charge in [-0.15, -0.1) is 0 Å². The summed E-state index contributed by atoms with van der Waals surface area (Å²) in [7, 11) is 0. The molecule has 2 saturated heterocycles. The minimum Gasteiger partial charge on any atom is -0.337 e. The van der Waals surface area contributed by atoms with E-state index >= 15 is 0 Å². The molecule has 4 rings (SSSR count). The monoisotopic (exact) mass is 330 g/mol. The van der Waals surface area contributed by atoms with Gasteiger partial charge in [-0.2, -0.15) is 0 Å². The van der Waals surface area contributed by atoms with Crippen LogP contribution in [0.3, 0.4) is 0 Å². The average Bonchev–Trinajstić information content (AvgIpc) is 3.35. The Kier molecular flexibility index (Phi) is 3.82. The van der Waals surface area contributed by atoms with Gasteiger partial charge in [-0.3, -0.25) is 9.59 Å². The molecular formula is C19H23FN2O2. The molecule has 4 nitrogen and oxygen atoms in total. The smallest absolute Gasteiger partial charge is 0.226 e. The Hall–Kier alpha value is -1.91. The second-order valence-corrected chi connectivity index (χ2v) is 7.34. The highest BCUT2D eigenvalue weighted by Gasteiger charge is 2.51. The van der Waals surface area contributed by atoms with Crippen LogP contribution in [0.25, 0.3) is 0 Å². The standard InChI is InChI=1S/C19H23FN2O2/c1-12(23)21-10-2-3-17-18(21)16(13-6-8-15(20)9-7-13)11-22(17)19(24)14-4-5-14/h6-9,14,16-18H,2-5,10-11H2,1H3/t16-,17-,18-/m1/s1. The Balaban J connectivity index is 1.69. The highest BCUT2D eigenvalue weighted by Crippen LogP contribution is 2.43. The zero-order valence-corrected chi connectivity index (χ0v) is 14.0. The van der Waals surface area contributed by atoms with Crippen LogP contribution in [0.2, 0.25) is 0 Å². The number of amides is 2. The van der Waals surface area contributed by atoms with Gasteiger partial charge in [0.05, 0.1) is 12.1 Å². The van der Waals surface area contributed by atoms with Gasteiger partial charge in [-0.25, -0.2) is 4.39 Å². The van der Waals surface area contributed by atoms with Gasteiger partial charge in [0.25, 0.3) is 0 Å². The van der Waals surface area contributed by atoms with Crippen LogP contribution in [0, 0.1) is 11.7 Å². The Morgan fingerprint density at radius 3 is 2.42 bits per heavy atom. The lowest BCUT2D eigenvalue weighted by Crippen LogP contribution is -2.53. The lowest BCUT2D eigenvalue weighted by Gasteiger charge is -2.41. The number of nitrogens with zero attached hydrogens (tertiary/aromatic N) is 2. The predicted octanol–water partition coefficient (Wildman–Crippen LogP) is 2.54. The summed E-state index contributed by atoms with van der Waals surface area (Å²) in [5.74, 6) is 0.316. The van der Waals surface area contributed by atoms with Crippen molar-refractivity contribution in [1.29, 1.82) is 0 Å². The largest absolute Gasteiger partial charge is 0.337 e. The molecule has 0 bridgehead atoms. The number of benzene rings is 1. The first kappa shape index (κ1) is 15.6. The minimum atomic E-state index is -0.258. The molecule has 3 fully saturated rings. The van der Waals surface area contributed by atoms with Crippen LogP contribution >= 0.6 is 0 Å². The predicted molar refractivity (Wildman–Crippen MR) is 87.8 cm³/mol. The first-order valence-electron chi connectivity index (χ1n) is 8.89. The molecule has 5 heteroatoms. The molecule has 1 saturated carbocycles. The summed E-state index contributed by atoms with van der Waals surface area (Å²) in [6.07, 6.45) is 3.87. The van der Waals surface area contributed by atoms with Gasteiger partial charge in [0.1, 0.15) is 5.82 Å². The van der Waals surface area contributed by atoms with Crippen molar-refractivity contribution in [3.63, 3.8) is 0 Å². The molecule has 3 atom stereocenters. The summed E-state index contributed by atoms with van der Waals surface area (Å²) in [5.41, 5.74) is 1.02. The van der Waals surface area contributed by atoms with E-state index in [2.05, 4.69) is 0 Å². The number of likely N-dealkylation sites (tertiary alicyclic amines) is 2. The van der Waals surface area contributed by atoms with Gasteiger partial charge in [-0.05, 0) is 43.4 Å². The van der Waals surface area contributed by atoms with E-state index in [0.717, 1.165) is 37.8 Å². The summed E-state index contributed by atoms with van der Waals surface area (Å²) < 4.78 is 13.3. The summed E-state index contributed by atoms with van der Waals surface area (Å²) in [4.78, 5) is 28.8. The van der Waals surface area contributed by atoms with Crippen molar-refractivity contribution in [2.24, 2.45) is 5.92 Å². The van der Waals surface area contributed by atoms with Gasteiger partial charge >= 0.3 is 0 Å². The number of fused-ring (bicyclic) bond motifs is 1. The maximum atomic E-state index is 13.3. The lowest BCUT2D eigenvalue weighted by molar-refractivity contribution is -0.138. The van der Waals surface area contributed by atoms with E-state index < -0.39 is 0 Å². The van der Waals surface area contributed by atoms with Gasteiger partial charge in [0.2, 0.25) is 11.8 Å². The topological polar surface area (TPSA) is 40.6 Å². The van der Waals surface area contributed by atoms with Crippen LogP contribution in [0.15, 0.2) is 24.3 Å². The van der Waals surface area contributed by atoms with Crippen LogP contribution in [0.4, 0.5) is 4.39 Å². The molecule has 1 aliphatic carbocycles. The van der Waals surface area contributed by atoms with Crippen molar-refractivity contribution in [3.05, 3.63) is 35.6 Å². The second-order valence-electron chi connectivity index (χ2n) is 7.34. The first-order chi connectivity index (χ1) is 11.6. The first-order valence-corrected chi connectivity index (χ1v) is 8.89. The van der Waals surface area contributed by atoms with Gasteiger partial charge in [-0.1, -0.05) is 12.1 Å². The van der Waals surface area contributed by atoms with E-state index in [-0.39, 0.29) is 41.6 Å². The summed E-state index contributed by atoms with van der Waals surface area (Å²) >= 11 is 0. The highest BCUT2D eigenvalue weighted by molar-refractivity contribution is 5.82. The van der Waals surface area contributed by atoms with Crippen LogP contribution in [0.5, 0.6) is 0 Å². The number of piperidine rings is 1. The van der Waals surface area contributed by atoms with Crippen molar-refractivity contribution in [2.45, 2.75) is 50.6 Å². The Morgan fingerprint density at radius 2 is 1.79 bits per heavy atom. The number of halogens is 1. The fourth-order valence-electron chi connectivity index (χ4n) is 4.48. The molecule has 0 radical (unpaired) electrons. The molecule has 0 N–H and O–H groups in total. The maximum absolute atomic E-state index is 13.3. The normalized spacial score (nSPS) is 29.5. The van der Waals surface area contributed by atoms with Crippen LogP contribution in [0.1, 0.15) is 44.1 Å². The van der Waals surface area contributed by atoms with E-state index in [1.54, 1.807) is 19.1 Å². The van der Waals surface area contributed by atoms with Crippen molar-refractivity contribution in [1.82, 2.24) is 9.80 Å². The van der Waals surface area contributed by atoms with Crippen LogP contribution in [-0.4, -0.2) is 46.8 Å². The van der Waals surface area contributed by atoms with Gasteiger partial charge in [0.15, 0.2) is 0 Å². The molecule has 0 aromatic heterocycles. The van der Waals surface area contributed by atoms with Crippen LogP contribution < -0.4 is 0 Å². The molecule has 1 aromatic rings. The zero-order valence-electron chi connectivity index (χ0n) is 14.0. The number of rotatable bonds is 2. The SMILES string of the molecule is CC(=O)N1CCC[C@@H]2[C@H]1[C@@H](c1ccc(F)cc1)CN2C(=O)C1CC1. The molecule has 24 heavy (non-hydrogen) atoms. The molecular weight excluding hydrogens is 307 g/mol. The Morgan fingerprint density at radius 1 is 1.08 bits per heavy atom. The molecule has 2 aliphatic heterocycles. The van der Waals surface area contributed by atoms with E-state index in [0.29, 0.717) is 6.54 Å². The lowest BCUT2D eigenvalue weighted by atomic mass is 9.86. The summed E-state index contributed by atoms with van der Waals surface area (Å²) in [6.45, 7) is 3.00. The Labute approximate surface area is 141 Å². The number of hydrogen-bond donors (Lipinski definition) is 0. The third-order valence-electron chi connectivity index (χ3n) is 5.77. The van der Waals surface area contributed by atoms with Gasteiger partial charge < -0.3 is 9.80 Å². The molecule has 128 valence electrons. The fraction of sp³-hybridized carbons (Fsp3) is 0.579. The molecule has 0 unspecified atom stereocenters. The molecule has 2 heterocycles. The average molecular weight is 330 g/mol. The highest BCUT2D eigenvalue weighted by atomic mass is 19.1. The molecule has 1 aromatic carbocycles. The summed E-state index contributed by atoms with van der Waals surface area (Å²) in [6, 6.07) is 6.66. The van der Waals surface area contributed by atoms with E-state index in [4.69, 9.17) is 0 Å². The van der Waals surface area contributed by atoms with E-state index in [1.165, 1.54) is 12.1 Å². The molecule has 2 amide bonds. The third-order valence-corrected chi connectivity index (χ3v) is 5.77. The number of carbonyl (C=O) groups is 2. The quantitative estimate of drug-likeness (QED) is 0.836. The number of carbonyl (C=O) groups excluding carboxylic acids is 2. The van der Waals surface area contributed by atoms with Crippen LogP contribution in [-0.2, 0) is 9.59 Å². The van der Waals surface area contributed by atoms with Gasteiger partial charge in [0, 0.05) is 31.8 Å². The van der Waals surface area contributed by atoms with E-state index in [9.17, 15) is 14.0 Å². The minimum absolute atomic E-state index is 0.0180. The number of hydrogen-bond acceptors (Lipinski definition) is 2. The van der Waals surface area contributed by atoms with Crippen molar-refractivity contribution >= 4 is 11.8 Å². The molecule has 3 aliphatic rings. The summed E-state index contributed by atoms with van der Waals surface area (Å²) in [5, 5.41) is 0. The maximum Gasteiger partial charge on any atom is 0.226 e. The van der Waals surface area contributed by atoms with Crippen molar-refractivity contribution in [3.8, 4) is 0 Å². The zero-order chi connectivity index (χ0) is 16.8. The van der Waals surface area contributed by atoms with Crippen molar-refractivity contribution < 1.29 is 14.0 Å². The third kappa shape index (κ3) is 2.60. The second kappa shape index (κ2) is 5.87. The Bertz CT molecular complexity index is 656. The fourth-order valence-corrected chi connectivity index (χ4v) is 4.48.